The van der Waals surface area contributed by atoms with Crippen molar-refractivity contribution in [1.82, 2.24) is 4.90 Å². The Morgan fingerprint density at radius 2 is 1.64 bits per heavy atom. The largest absolute Gasteiger partial charge is 0.503 e. The average Bonchev–Trinajstić information content (AvgIpc) is 2.93. The molecule has 0 saturated carbocycles. The molecule has 0 radical (unpaired) electrons. The standard InChI is InChI=1S/C23H25NO4/c1-14(2)28-19-12-10-18(11-13-19)21-20(16(4)25)22(26)23(27)24(21)15(3)17-8-6-5-7-9-17/h5-15,21,26H,1-4H3. The highest BCUT2D eigenvalue weighted by atomic mass is 16.5. The molecule has 5 heteroatoms. The van der Waals surface area contributed by atoms with Crippen molar-refractivity contribution in [3.05, 3.63) is 77.1 Å². The molecule has 2 atom stereocenters. The molecule has 0 spiro atoms. The second-order valence-corrected chi connectivity index (χ2v) is 7.26. The highest BCUT2D eigenvalue weighted by Gasteiger charge is 2.44. The van der Waals surface area contributed by atoms with E-state index in [-0.39, 0.29) is 23.5 Å². The molecule has 0 bridgehead atoms. The molecular formula is C23H25NO4. The fraction of sp³-hybridized carbons (Fsp3) is 0.304. The first kappa shape index (κ1) is 19.7. The van der Waals surface area contributed by atoms with E-state index in [4.69, 9.17) is 4.74 Å². The van der Waals surface area contributed by atoms with E-state index >= 15 is 0 Å². The van der Waals surface area contributed by atoms with Crippen LogP contribution in [0.4, 0.5) is 0 Å². The van der Waals surface area contributed by atoms with Crippen LogP contribution < -0.4 is 4.74 Å². The first-order valence-electron chi connectivity index (χ1n) is 9.39. The van der Waals surface area contributed by atoms with E-state index in [0.717, 1.165) is 11.1 Å². The van der Waals surface area contributed by atoms with E-state index in [2.05, 4.69) is 0 Å². The van der Waals surface area contributed by atoms with Crippen LogP contribution in [0, 0.1) is 0 Å². The topological polar surface area (TPSA) is 66.8 Å². The lowest BCUT2D eigenvalue weighted by molar-refractivity contribution is -0.131. The number of hydrogen-bond donors (Lipinski definition) is 1. The van der Waals surface area contributed by atoms with Gasteiger partial charge in [0.25, 0.3) is 5.91 Å². The Kier molecular flexibility index (Phi) is 5.54. The number of carbonyl (C=O) groups is 2. The van der Waals surface area contributed by atoms with Crippen molar-refractivity contribution in [2.45, 2.75) is 45.9 Å². The normalized spacial score (nSPS) is 18.0. The number of rotatable bonds is 6. The van der Waals surface area contributed by atoms with Crippen LogP contribution in [0.5, 0.6) is 5.75 Å². The average molecular weight is 379 g/mol. The van der Waals surface area contributed by atoms with E-state index in [1.807, 2.05) is 75.4 Å². The van der Waals surface area contributed by atoms with Crippen molar-refractivity contribution in [2.75, 3.05) is 0 Å². The molecule has 0 saturated heterocycles. The van der Waals surface area contributed by atoms with Gasteiger partial charge in [-0.1, -0.05) is 42.5 Å². The minimum Gasteiger partial charge on any atom is -0.503 e. The molecule has 2 unspecified atom stereocenters. The molecule has 1 N–H and O–H groups in total. The Balaban J connectivity index is 2.04. The molecule has 1 heterocycles. The molecule has 28 heavy (non-hydrogen) atoms. The van der Waals surface area contributed by atoms with Gasteiger partial charge in [0.1, 0.15) is 5.75 Å². The van der Waals surface area contributed by atoms with Crippen LogP contribution in [0.2, 0.25) is 0 Å². The van der Waals surface area contributed by atoms with Gasteiger partial charge in [0, 0.05) is 0 Å². The molecule has 1 aliphatic heterocycles. The number of carbonyl (C=O) groups excluding carboxylic acids is 2. The van der Waals surface area contributed by atoms with Gasteiger partial charge in [-0.05, 0) is 51.0 Å². The quantitative estimate of drug-likeness (QED) is 0.801. The van der Waals surface area contributed by atoms with E-state index in [9.17, 15) is 14.7 Å². The van der Waals surface area contributed by atoms with Gasteiger partial charge < -0.3 is 14.7 Å². The molecule has 1 aliphatic rings. The number of hydrogen-bond acceptors (Lipinski definition) is 4. The minimum atomic E-state index is -0.645. The van der Waals surface area contributed by atoms with Crippen molar-refractivity contribution in [1.29, 1.82) is 0 Å². The van der Waals surface area contributed by atoms with Crippen molar-refractivity contribution in [3.63, 3.8) is 0 Å². The highest BCUT2D eigenvalue weighted by Crippen LogP contribution is 2.43. The van der Waals surface area contributed by atoms with Crippen molar-refractivity contribution < 1.29 is 19.4 Å². The summed E-state index contributed by atoms with van der Waals surface area (Å²) in [5.41, 5.74) is 1.81. The van der Waals surface area contributed by atoms with Crippen LogP contribution >= 0.6 is 0 Å². The zero-order valence-corrected chi connectivity index (χ0v) is 16.5. The second-order valence-electron chi connectivity index (χ2n) is 7.26. The molecule has 2 aromatic rings. The number of amides is 1. The number of ketones is 1. The zero-order valence-electron chi connectivity index (χ0n) is 16.5. The maximum atomic E-state index is 12.9. The first-order valence-corrected chi connectivity index (χ1v) is 9.39. The maximum Gasteiger partial charge on any atom is 0.290 e. The summed E-state index contributed by atoms with van der Waals surface area (Å²) < 4.78 is 5.68. The molecule has 146 valence electrons. The fourth-order valence-corrected chi connectivity index (χ4v) is 3.60. The predicted octanol–water partition coefficient (Wildman–Crippen LogP) is 4.52. The lowest BCUT2D eigenvalue weighted by atomic mass is 9.95. The van der Waals surface area contributed by atoms with Gasteiger partial charge in [0.2, 0.25) is 0 Å². The third-order valence-electron chi connectivity index (χ3n) is 4.89. The smallest absolute Gasteiger partial charge is 0.290 e. The Hall–Kier alpha value is -3.08. The summed E-state index contributed by atoms with van der Waals surface area (Å²) in [6.45, 7) is 7.16. The Labute approximate surface area is 165 Å². The number of ether oxygens (including phenoxy) is 1. The highest BCUT2D eigenvalue weighted by molar-refractivity contribution is 6.08. The van der Waals surface area contributed by atoms with E-state index < -0.39 is 17.7 Å². The van der Waals surface area contributed by atoms with Gasteiger partial charge in [0.15, 0.2) is 11.5 Å². The summed E-state index contributed by atoms with van der Waals surface area (Å²) in [5.74, 6) is -0.610. The molecule has 0 fully saturated rings. The third kappa shape index (κ3) is 3.65. The number of aliphatic hydroxyl groups excluding tert-OH is 1. The van der Waals surface area contributed by atoms with Gasteiger partial charge in [0.05, 0.1) is 23.8 Å². The summed E-state index contributed by atoms with van der Waals surface area (Å²) in [6.07, 6.45) is 0.0465. The lowest BCUT2D eigenvalue weighted by Crippen LogP contribution is -2.33. The number of Topliss-reactive ketones (excluding diaryl/α,β-unsaturated/α-hetero) is 1. The Morgan fingerprint density at radius 3 is 2.18 bits per heavy atom. The van der Waals surface area contributed by atoms with Gasteiger partial charge >= 0.3 is 0 Å². The van der Waals surface area contributed by atoms with Crippen LogP contribution in [0.1, 0.15) is 50.9 Å². The van der Waals surface area contributed by atoms with Gasteiger partial charge in [-0.2, -0.15) is 0 Å². The fourth-order valence-electron chi connectivity index (χ4n) is 3.60. The van der Waals surface area contributed by atoms with Crippen LogP contribution in [-0.4, -0.2) is 27.8 Å². The first-order chi connectivity index (χ1) is 13.3. The van der Waals surface area contributed by atoms with E-state index in [1.165, 1.54) is 6.92 Å². The molecule has 0 aromatic heterocycles. The molecule has 3 rings (SSSR count). The van der Waals surface area contributed by atoms with Gasteiger partial charge in [-0.25, -0.2) is 0 Å². The van der Waals surface area contributed by atoms with Crippen LogP contribution in [-0.2, 0) is 9.59 Å². The molecule has 2 aromatic carbocycles. The number of aliphatic hydroxyl groups is 1. The third-order valence-corrected chi connectivity index (χ3v) is 4.89. The maximum absolute atomic E-state index is 12.9. The van der Waals surface area contributed by atoms with Gasteiger partial charge in [-0.15, -0.1) is 0 Å². The van der Waals surface area contributed by atoms with Gasteiger partial charge in [-0.3, -0.25) is 9.59 Å². The van der Waals surface area contributed by atoms with Crippen molar-refractivity contribution >= 4 is 11.7 Å². The van der Waals surface area contributed by atoms with Crippen molar-refractivity contribution in [2.24, 2.45) is 0 Å². The second kappa shape index (κ2) is 7.89. The zero-order chi connectivity index (χ0) is 20.4. The van der Waals surface area contributed by atoms with Crippen LogP contribution in [0.15, 0.2) is 65.9 Å². The monoisotopic (exact) mass is 379 g/mol. The van der Waals surface area contributed by atoms with Crippen LogP contribution in [0.25, 0.3) is 0 Å². The Morgan fingerprint density at radius 1 is 1.04 bits per heavy atom. The summed E-state index contributed by atoms with van der Waals surface area (Å²) in [6, 6.07) is 15.9. The predicted molar refractivity (Wildman–Crippen MR) is 107 cm³/mol. The summed E-state index contributed by atoms with van der Waals surface area (Å²) >= 11 is 0. The lowest BCUT2D eigenvalue weighted by Gasteiger charge is -2.32. The molecule has 1 amide bonds. The van der Waals surface area contributed by atoms with Crippen LogP contribution in [0.3, 0.4) is 0 Å². The van der Waals surface area contributed by atoms with Crippen molar-refractivity contribution in [3.8, 4) is 5.75 Å². The molecule has 0 aliphatic carbocycles. The molecular weight excluding hydrogens is 354 g/mol. The summed E-state index contributed by atoms with van der Waals surface area (Å²) in [5, 5.41) is 10.4. The molecule has 5 nitrogen and oxygen atoms in total. The number of benzene rings is 2. The minimum absolute atomic E-state index is 0.0465. The summed E-state index contributed by atoms with van der Waals surface area (Å²) in [7, 11) is 0. The Bertz CT molecular complexity index is 900. The SMILES string of the molecule is CC(=O)C1=C(O)C(=O)N(C(C)c2ccccc2)C1c1ccc(OC(C)C)cc1. The van der Waals surface area contributed by atoms with E-state index in [0.29, 0.717) is 5.75 Å². The number of nitrogens with zero attached hydrogens (tertiary/aromatic N) is 1. The summed E-state index contributed by atoms with van der Waals surface area (Å²) in [4.78, 5) is 26.7. The van der Waals surface area contributed by atoms with E-state index in [1.54, 1.807) is 4.90 Å².